The van der Waals surface area contributed by atoms with Crippen molar-refractivity contribution in [1.82, 2.24) is 0 Å². The first-order chi connectivity index (χ1) is 9.81. The highest BCUT2D eigenvalue weighted by atomic mass is 33.1. The molecule has 0 aliphatic heterocycles. The number of hydrogen-bond acceptors (Lipinski definition) is 4. The van der Waals surface area contributed by atoms with Crippen molar-refractivity contribution in [2.24, 2.45) is 11.8 Å². The van der Waals surface area contributed by atoms with E-state index in [2.05, 4.69) is 60.3 Å². The van der Waals surface area contributed by atoms with Crippen LogP contribution in [0.3, 0.4) is 0 Å². The first-order valence-electron chi connectivity index (χ1n) is 7.35. The SMILES string of the molecule is SCc1ccc(CSSC[C@H]2CC[C@@H](CS)CC2)cc1. The number of hydrogen-bond donors (Lipinski definition) is 2. The minimum Gasteiger partial charge on any atom is -0.179 e. The van der Waals surface area contributed by atoms with Crippen LogP contribution in [0.2, 0.25) is 0 Å². The third-order valence-electron chi connectivity index (χ3n) is 4.04. The van der Waals surface area contributed by atoms with Crippen molar-refractivity contribution in [2.45, 2.75) is 37.2 Å². The summed E-state index contributed by atoms with van der Waals surface area (Å²) in [5.74, 6) is 6.17. The predicted octanol–water partition coefficient (Wildman–Crippen LogP) is 5.73. The normalized spacial score (nSPS) is 22.9. The lowest BCUT2D eigenvalue weighted by Crippen LogP contribution is -2.16. The molecule has 0 atom stereocenters. The van der Waals surface area contributed by atoms with E-state index in [0.717, 1.165) is 29.1 Å². The van der Waals surface area contributed by atoms with E-state index in [9.17, 15) is 0 Å². The zero-order valence-electron chi connectivity index (χ0n) is 11.8. The van der Waals surface area contributed by atoms with Gasteiger partial charge in [0.05, 0.1) is 0 Å². The molecule has 4 heteroatoms. The monoisotopic (exact) mass is 344 g/mol. The van der Waals surface area contributed by atoms with Gasteiger partial charge in [-0.3, -0.25) is 0 Å². The third kappa shape index (κ3) is 5.78. The molecule has 1 fully saturated rings. The molecule has 0 aromatic heterocycles. The van der Waals surface area contributed by atoms with E-state index >= 15 is 0 Å². The molecule has 0 bridgehead atoms. The molecule has 2 rings (SSSR count). The van der Waals surface area contributed by atoms with E-state index in [1.165, 1.54) is 42.6 Å². The number of thiol groups is 2. The average molecular weight is 345 g/mol. The van der Waals surface area contributed by atoms with Crippen LogP contribution in [0, 0.1) is 11.8 Å². The highest BCUT2D eigenvalue weighted by Gasteiger charge is 2.19. The van der Waals surface area contributed by atoms with Crippen LogP contribution in [0.25, 0.3) is 0 Å². The Kier molecular flexibility index (Phi) is 8.15. The molecule has 0 saturated heterocycles. The van der Waals surface area contributed by atoms with Crippen LogP contribution in [0.5, 0.6) is 0 Å². The fraction of sp³-hybridized carbons (Fsp3) is 0.625. The Labute approximate surface area is 142 Å². The van der Waals surface area contributed by atoms with Crippen LogP contribution in [-0.4, -0.2) is 11.5 Å². The van der Waals surface area contributed by atoms with Crippen molar-refractivity contribution in [3.05, 3.63) is 35.4 Å². The minimum absolute atomic E-state index is 0.830. The molecule has 1 aliphatic carbocycles. The maximum atomic E-state index is 4.42. The van der Waals surface area contributed by atoms with E-state index in [0.29, 0.717) is 0 Å². The summed E-state index contributed by atoms with van der Waals surface area (Å²) in [4.78, 5) is 0. The third-order valence-corrected chi connectivity index (χ3v) is 7.41. The molecule has 1 saturated carbocycles. The molecule has 1 aromatic rings. The summed E-state index contributed by atoms with van der Waals surface area (Å²) in [5, 5.41) is 0. The largest absolute Gasteiger partial charge is 0.179 e. The van der Waals surface area contributed by atoms with Gasteiger partial charge in [0.25, 0.3) is 0 Å². The first kappa shape index (κ1) is 17.0. The lowest BCUT2D eigenvalue weighted by molar-refractivity contribution is 0.316. The Balaban J connectivity index is 1.59. The van der Waals surface area contributed by atoms with Gasteiger partial charge in [-0.15, -0.1) is 0 Å². The van der Waals surface area contributed by atoms with E-state index in [-0.39, 0.29) is 0 Å². The number of rotatable bonds is 7. The smallest absolute Gasteiger partial charge is 0.0288 e. The maximum Gasteiger partial charge on any atom is 0.0288 e. The Morgan fingerprint density at radius 1 is 0.850 bits per heavy atom. The summed E-state index contributed by atoms with van der Waals surface area (Å²) < 4.78 is 0. The predicted molar refractivity (Wildman–Crippen MR) is 102 cm³/mol. The van der Waals surface area contributed by atoms with Crippen molar-refractivity contribution in [2.75, 3.05) is 11.5 Å². The Bertz CT molecular complexity index is 369. The molecule has 0 heterocycles. The molecule has 0 spiro atoms. The second-order valence-electron chi connectivity index (χ2n) is 5.59. The van der Waals surface area contributed by atoms with Crippen molar-refractivity contribution in [1.29, 1.82) is 0 Å². The highest BCUT2D eigenvalue weighted by molar-refractivity contribution is 8.76. The average Bonchev–Trinajstić information content (AvgIpc) is 2.53. The molecule has 0 radical (unpaired) electrons. The van der Waals surface area contributed by atoms with Gasteiger partial charge in [-0.2, -0.15) is 25.3 Å². The molecule has 0 nitrogen and oxygen atoms in total. The lowest BCUT2D eigenvalue weighted by Gasteiger charge is -2.26. The fourth-order valence-corrected chi connectivity index (χ4v) is 5.71. The van der Waals surface area contributed by atoms with Crippen molar-refractivity contribution in [3.63, 3.8) is 0 Å². The van der Waals surface area contributed by atoms with Crippen LogP contribution >= 0.6 is 46.8 Å². The van der Waals surface area contributed by atoms with Crippen molar-refractivity contribution < 1.29 is 0 Å². The van der Waals surface area contributed by atoms with Gasteiger partial charge in [-0.1, -0.05) is 45.9 Å². The van der Waals surface area contributed by atoms with Gasteiger partial charge in [0.2, 0.25) is 0 Å². The van der Waals surface area contributed by atoms with Gasteiger partial charge in [-0.05, 0) is 54.4 Å². The van der Waals surface area contributed by atoms with Crippen LogP contribution in [0.4, 0.5) is 0 Å². The summed E-state index contributed by atoms with van der Waals surface area (Å²) in [6.45, 7) is 0. The Morgan fingerprint density at radius 3 is 2.05 bits per heavy atom. The fourth-order valence-electron chi connectivity index (χ4n) is 2.58. The molecule has 1 aromatic carbocycles. The molecule has 112 valence electrons. The summed E-state index contributed by atoms with van der Waals surface area (Å²) in [6, 6.07) is 8.84. The van der Waals surface area contributed by atoms with E-state index in [1.807, 2.05) is 10.8 Å². The van der Waals surface area contributed by atoms with Crippen molar-refractivity contribution >= 4 is 46.8 Å². The standard InChI is InChI=1S/C16H24S4/c17-9-13-1-5-15(6-2-13)11-19-20-12-16-7-3-14(10-18)4-8-16/h1-2,5-6,14,16-18H,3-4,7-12H2/t14-,16+. The maximum absolute atomic E-state index is 4.42. The Hall–Kier alpha value is 0.620. The first-order valence-corrected chi connectivity index (χ1v) is 11.1. The van der Waals surface area contributed by atoms with Crippen LogP contribution in [0.1, 0.15) is 36.8 Å². The molecule has 20 heavy (non-hydrogen) atoms. The van der Waals surface area contributed by atoms with Crippen LogP contribution < -0.4 is 0 Å². The second kappa shape index (κ2) is 9.60. The van der Waals surface area contributed by atoms with Gasteiger partial charge in [0.1, 0.15) is 0 Å². The van der Waals surface area contributed by atoms with Gasteiger partial charge in [0, 0.05) is 17.3 Å². The van der Waals surface area contributed by atoms with Crippen LogP contribution in [0.15, 0.2) is 24.3 Å². The van der Waals surface area contributed by atoms with Gasteiger partial charge in [-0.25, -0.2) is 0 Å². The van der Waals surface area contributed by atoms with Gasteiger partial charge in [0.15, 0.2) is 0 Å². The Morgan fingerprint density at radius 2 is 1.45 bits per heavy atom. The molecular formula is C16H24S4. The minimum atomic E-state index is 0.830. The van der Waals surface area contributed by atoms with Crippen molar-refractivity contribution in [3.8, 4) is 0 Å². The van der Waals surface area contributed by atoms with Gasteiger partial charge < -0.3 is 0 Å². The summed E-state index contributed by atoms with van der Waals surface area (Å²) in [7, 11) is 4.06. The molecule has 0 amide bonds. The summed E-state index contributed by atoms with van der Waals surface area (Å²) in [5.41, 5.74) is 2.72. The lowest BCUT2D eigenvalue weighted by atomic mass is 9.84. The van der Waals surface area contributed by atoms with E-state index in [4.69, 9.17) is 0 Å². The van der Waals surface area contributed by atoms with E-state index in [1.54, 1.807) is 0 Å². The topological polar surface area (TPSA) is 0 Å². The highest BCUT2D eigenvalue weighted by Crippen LogP contribution is 2.35. The summed E-state index contributed by atoms with van der Waals surface area (Å²) in [6.07, 6.45) is 5.61. The zero-order chi connectivity index (χ0) is 14.2. The number of benzene rings is 1. The van der Waals surface area contributed by atoms with Crippen LogP contribution in [-0.2, 0) is 11.5 Å². The summed E-state index contributed by atoms with van der Waals surface area (Å²) >= 11 is 8.71. The molecule has 1 aliphatic rings. The quantitative estimate of drug-likeness (QED) is 0.368. The second-order valence-corrected chi connectivity index (χ2v) is 8.78. The van der Waals surface area contributed by atoms with E-state index < -0.39 is 0 Å². The molecule has 0 unspecified atom stereocenters. The molecule has 0 N–H and O–H groups in total. The molecular weight excluding hydrogens is 320 g/mol. The zero-order valence-corrected chi connectivity index (χ0v) is 15.3. The van der Waals surface area contributed by atoms with Gasteiger partial charge >= 0.3 is 0 Å².